The minimum atomic E-state index is -0.670. The molecule has 3 N–H and O–H groups in total. The van der Waals surface area contributed by atoms with E-state index in [1.54, 1.807) is 37.2 Å². The second-order valence-corrected chi connectivity index (χ2v) is 10.3. The lowest BCUT2D eigenvalue weighted by atomic mass is 9.96. The molecule has 4 rings (SSSR count). The highest BCUT2D eigenvalue weighted by atomic mass is 35.5. The van der Waals surface area contributed by atoms with Crippen LogP contribution >= 0.6 is 11.6 Å². The van der Waals surface area contributed by atoms with Crippen molar-refractivity contribution in [1.29, 1.82) is 0 Å². The van der Waals surface area contributed by atoms with E-state index >= 15 is 0 Å². The van der Waals surface area contributed by atoms with Crippen LogP contribution in [-0.4, -0.2) is 78.9 Å². The lowest BCUT2D eigenvalue weighted by Crippen LogP contribution is -2.68. The van der Waals surface area contributed by atoms with Crippen molar-refractivity contribution in [1.82, 2.24) is 20.0 Å². The Balaban J connectivity index is 1.53. The highest BCUT2D eigenvalue weighted by Crippen LogP contribution is 2.29. The number of nitrogens with one attached hydrogen (secondary N) is 1. The van der Waals surface area contributed by atoms with Gasteiger partial charge >= 0.3 is 0 Å². The lowest BCUT2D eigenvalue weighted by Gasteiger charge is -2.50. The van der Waals surface area contributed by atoms with Gasteiger partial charge in [-0.15, -0.1) is 0 Å². The summed E-state index contributed by atoms with van der Waals surface area (Å²) in [6.07, 6.45) is 3.34. The molecule has 0 aromatic heterocycles. The van der Waals surface area contributed by atoms with E-state index in [4.69, 9.17) is 17.3 Å². The fourth-order valence-corrected chi connectivity index (χ4v) is 5.43. The number of fused-ring (bicyclic) bond motifs is 2. The summed E-state index contributed by atoms with van der Waals surface area (Å²) in [6.45, 7) is 5.50. The van der Waals surface area contributed by atoms with Crippen LogP contribution in [0.15, 0.2) is 42.5 Å². The van der Waals surface area contributed by atoms with Crippen LogP contribution in [0, 0.1) is 12.7 Å². The molecular weight excluding hydrogens is 481 g/mol. The van der Waals surface area contributed by atoms with Crippen molar-refractivity contribution in [3.63, 3.8) is 0 Å². The number of piperazine rings is 2. The van der Waals surface area contributed by atoms with Crippen molar-refractivity contribution in [2.75, 3.05) is 40.3 Å². The second kappa shape index (κ2) is 11.1. The first-order valence-electron chi connectivity index (χ1n) is 12.1. The van der Waals surface area contributed by atoms with Crippen LogP contribution in [0.1, 0.15) is 28.3 Å². The standard InChI is InChI=1S/C27H33ClFN5O2/c1-17-10-19(23(11-24(17)28)26(27(30)36)32(2)3)6-9-25(35)34-21-12-31-13-22(34)16-33(15-21)14-18-4-7-20(29)8-5-18/h4-11,21-22,26,31H,12-16H2,1-3H3,(H2,30,36)/b9-6+. The summed E-state index contributed by atoms with van der Waals surface area (Å²) in [5.74, 6) is -0.792. The first-order chi connectivity index (χ1) is 17.1. The van der Waals surface area contributed by atoms with E-state index in [1.807, 2.05) is 30.0 Å². The minimum absolute atomic E-state index is 0.0293. The molecule has 3 unspecified atom stereocenters. The van der Waals surface area contributed by atoms with Crippen LogP contribution in [0.25, 0.3) is 6.08 Å². The van der Waals surface area contributed by atoms with Crippen LogP contribution in [0.5, 0.6) is 0 Å². The van der Waals surface area contributed by atoms with Gasteiger partial charge in [0.25, 0.3) is 0 Å². The summed E-state index contributed by atoms with van der Waals surface area (Å²) < 4.78 is 13.3. The van der Waals surface area contributed by atoms with Gasteiger partial charge in [0.15, 0.2) is 0 Å². The average molecular weight is 514 g/mol. The minimum Gasteiger partial charge on any atom is -0.368 e. The third-order valence-electron chi connectivity index (χ3n) is 6.91. The van der Waals surface area contributed by atoms with E-state index < -0.39 is 11.9 Å². The second-order valence-electron chi connectivity index (χ2n) is 9.86. The van der Waals surface area contributed by atoms with Crippen LogP contribution in [0.2, 0.25) is 5.02 Å². The lowest BCUT2D eigenvalue weighted by molar-refractivity contribution is -0.136. The van der Waals surface area contributed by atoms with E-state index in [0.29, 0.717) is 23.7 Å². The van der Waals surface area contributed by atoms with Gasteiger partial charge in [-0.3, -0.25) is 19.4 Å². The number of rotatable bonds is 7. The van der Waals surface area contributed by atoms with Crippen LogP contribution in [0.4, 0.5) is 4.39 Å². The summed E-state index contributed by atoms with van der Waals surface area (Å²) in [5, 5.41) is 3.98. The van der Waals surface area contributed by atoms with Gasteiger partial charge in [-0.05, 0) is 67.5 Å². The molecule has 2 heterocycles. The van der Waals surface area contributed by atoms with Crippen molar-refractivity contribution >= 4 is 29.5 Å². The Labute approximate surface area is 216 Å². The number of primary amides is 1. The third-order valence-corrected chi connectivity index (χ3v) is 7.32. The van der Waals surface area contributed by atoms with Gasteiger partial charge in [0, 0.05) is 43.8 Å². The summed E-state index contributed by atoms with van der Waals surface area (Å²) in [4.78, 5) is 31.6. The molecule has 0 aliphatic carbocycles. The van der Waals surface area contributed by atoms with E-state index in [-0.39, 0.29) is 23.8 Å². The molecule has 2 fully saturated rings. The van der Waals surface area contributed by atoms with Gasteiger partial charge in [-0.2, -0.15) is 0 Å². The first kappa shape index (κ1) is 26.3. The highest BCUT2D eigenvalue weighted by Gasteiger charge is 2.39. The van der Waals surface area contributed by atoms with Crippen LogP contribution in [0.3, 0.4) is 0 Å². The zero-order valence-electron chi connectivity index (χ0n) is 20.9. The summed E-state index contributed by atoms with van der Waals surface area (Å²) in [5.41, 5.74) is 8.99. The van der Waals surface area contributed by atoms with Crippen LogP contribution < -0.4 is 11.1 Å². The molecule has 192 valence electrons. The number of benzene rings is 2. The van der Waals surface area contributed by atoms with Crippen molar-refractivity contribution in [3.8, 4) is 0 Å². The highest BCUT2D eigenvalue weighted by molar-refractivity contribution is 6.31. The van der Waals surface area contributed by atoms with Crippen LogP contribution in [-0.2, 0) is 16.1 Å². The first-order valence-corrected chi connectivity index (χ1v) is 12.5. The van der Waals surface area contributed by atoms with E-state index in [1.165, 1.54) is 12.1 Å². The summed E-state index contributed by atoms with van der Waals surface area (Å²) in [7, 11) is 3.56. The Bertz CT molecular complexity index is 1140. The van der Waals surface area contributed by atoms with E-state index in [9.17, 15) is 14.0 Å². The maximum atomic E-state index is 13.4. The maximum absolute atomic E-state index is 13.4. The number of likely N-dealkylation sites (N-methyl/N-ethyl adjacent to an activating group) is 1. The third kappa shape index (κ3) is 5.78. The molecule has 2 aliphatic heterocycles. The summed E-state index contributed by atoms with van der Waals surface area (Å²) in [6, 6.07) is 9.60. The van der Waals surface area contributed by atoms with Crippen molar-refractivity contribution in [2.24, 2.45) is 5.73 Å². The molecule has 2 aromatic carbocycles. The fourth-order valence-electron chi connectivity index (χ4n) is 5.26. The number of halogens is 2. The van der Waals surface area contributed by atoms with Gasteiger partial charge in [-0.25, -0.2) is 4.39 Å². The van der Waals surface area contributed by atoms with E-state index in [0.717, 1.165) is 36.3 Å². The molecule has 2 aromatic rings. The molecule has 2 saturated heterocycles. The van der Waals surface area contributed by atoms with Gasteiger partial charge < -0.3 is 16.0 Å². The zero-order chi connectivity index (χ0) is 26.0. The van der Waals surface area contributed by atoms with Gasteiger partial charge in [0.05, 0.1) is 12.1 Å². The number of nitrogens with two attached hydrogens (primary N) is 1. The topological polar surface area (TPSA) is 81.9 Å². The average Bonchev–Trinajstić information content (AvgIpc) is 2.80. The predicted molar refractivity (Wildman–Crippen MR) is 140 cm³/mol. The maximum Gasteiger partial charge on any atom is 0.247 e. The molecule has 9 heteroatoms. The molecule has 2 amide bonds. The number of aryl methyl sites for hydroxylation is 1. The Morgan fingerprint density at radius 2 is 1.83 bits per heavy atom. The molecule has 2 bridgehead atoms. The van der Waals surface area contributed by atoms with E-state index in [2.05, 4.69) is 10.2 Å². The number of amides is 2. The summed E-state index contributed by atoms with van der Waals surface area (Å²) >= 11 is 6.37. The molecule has 0 spiro atoms. The molecular formula is C27H33ClFN5O2. The van der Waals surface area contributed by atoms with Crippen molar-refractivity contribution in [3.05, 3.63) is 75.6 Å². The SMILES string of the molecule is Cc1cc(/C=C/C(=O)N2C3CNCC2CN(Cc2ccc(F)cc2)C3)c(C(C(N)=O)N(C)C)cc1Cl. The number of nitrogens with zero attached hydrogens (tertiary/aromatic N) is 3. The number of hydrogen-bond acceptors (Lipinski definition) is 5. The normalized spacial score (nSPS) is 21.2. The predicted octanol–water partition coefficient (Wildman–Crippen LogP) is 2.57. The molecule has 2 aliphatic rings. The fraction of sp³-hybridized carbons (Fsp3) is 0.407. The quantitative estimate of drug-likeness (QED) is 0.556. The Morgan fingerprint density at radius 3 is 2.42 bits per heavy atom. The largest absolute Gasteiger partial charge is 0.368 e. The van der Waals surface area contributed by atoms with Gasteiger partial charge in [-0.1, -0.05) is 29.8 Å². The zero-order valence-corrected chi connectivity index (χ0v) is 21.6. The van der Waals surface area contributed by atoms with Gasteiger partial charge in [0.2, 0.25) is 11.8 Å². The molecule has 3 atom stereocenters. The van der Waals surface area contributed by atoms with Crippen molar-refractivity contribution in [2.45, 2.75) is 31.6 Å². The molecule has 7 nitrogen and oxygen atoms in total. The Kier molecular flexibility index (Phi) is 8.10. The number of carbonyl (C=O) groups excluding carboxylic acids is 2. The smallest absolute Gasteiger partial charge is 0.247 e. The molecule has 36 heavy (non-hydrogen) atoms. The Morgan fingerprint density at radius 1 is 1.19 bits per heavy atom. The van der Waals surface area contributed by atoms with Crippen molar-refractivity contribution < 1.29 is 14.0 Å². The molecule has 0 radical (unpaired) electrons. The monoisotopic (exact) mass is 513 g/mol. The number of carbonyl (C=O) groups is 2. The number of hydrogen-bond donors (Lipinski definition) is 2. The Hall–Kier alpha value is -2.78. The molecule has 0 saturated carbocycles. The van der Waals surface area contributed by atoms with Gasteiger partial charge in [0.1, 0.15) is 11.9 Å².